The summed E-state index contributed by atoms with van der Waals surface area (Å²) >= 11 is 5.87. The minimum atomic E-state index is -0.118. The van der Waals surface area contributed by atoms with Gasteiger partial charge in [-0.15, -0.1) is 0 Å². The second kappa shape index (κ2) is 9.02. The minimum absolute atomic E-state index is 0.00600. The third-order valence-corrected chi connectivity index (χ3v) is 5.30. The van der Waals surface area contributed by atoms with E-state index in [-0.39, 0.29) is 23.5 Å². The summed E-state index contributed by atoms with van der Waals surface area (Å²) in [5, 5.41) is 3.55. The maximum absolute atomic E-state index is 12.5. The minimum Gasteiger partial charge on any atom is -0.342 e. The predicted molar refractivity (Wildman–Crippen MR) is 110 cm³/mol. The van der Waals surface area contributed by atoms with Crippen LogP contribution in [0, 0.1) is 5.92 Å². The standard InChI is InChI=1S/C22H23ClN2O3/c1-15(26)17-4-8-20(9-5-17)24-22(28)18-10-12-25(13-11-18)21(27)14-16-2-6-19(23)7-3-16/h2-9,18H,10-14H2,1H3,(H,24,28). The van der Waals surface area contributed by atoms with Crippen LogP contribution in [0.5, 0.6) is 0 Å². The van der Waals surface area contributed by atoms with Gasteiger partial charge in [0.2, 0.25) is 11.8 Å². The molecule has 1 saturated heterocycles. The molecule has 0 aliphatic carbocycles. The average molecular weight is 399 g/mol. The van der Waals surface area contributed by atoms with Crippen molar-refractivity contribution in [3.63, 3.8) is 0 Å². The van der Waals surface area contributed by atoms with Crippen LogP contribution < -0.4 is 5.32 Å². The van der Waals surface area contributed by atoms with Gasteiger partial charge in [0.25, 0.3) is 0 Å². The highest BCUT2D eigenvalue weighted by Crippen LogP contribution is 2.21. The highest BCUT2D eigenvalue weighted by molar-refractivity contribution is 6.30. The molecule has 2 amide bonds. The Balaban J connectivity index is 1.48. The summed E-state index contributed by atoms with van der Waals surface area (Å²) in [6.45, 7) is 2.66. The Morgan fingerprint density at radius 3 is 2.18 bits per heavy atom. The summed E-state index contributed by atoms with van der Waals surface area (Å²) in [5.74, 6) is -0.0954. The van der Waals surface area contributed by atoms with Crippen LogP contribution >= 0.6 is 11.6 Å². The van der Waals surface area contributed by atoms with E-state index in [2.05, 4.69) is 5.32 Å². The molecule has 1 N–H and O–H groups in total. The fourth-order valence-electron chi connectivity index (χ4n) is 3.31. The van der Waals surface area contributed by atoms with Crippen molar-refractivity contribution in [3.8, 4) is 0 Å². The third-order valence-electron chi connectivity index (χ3n) is 5.05. The Morgan fingerprint density at radius 1 is 1.00 bits per heavy atom. The maximum atomic E-state index is 12.5. The number of halogens is 1. The van der Waals surface area contributed by atoms with E-state index in [1.165, 1.54) is 6.92 Å². The van der Waals surface area contributed by atoms with Gasteiger partial charge < -0.3 is 10.2 Å². The molecule has 0 unspecified atom stereocenters. The number of hydrogen-bond acceptors (Lipinski definition) is 3. The van der Waals surface area contributed by atoms with Crippen molar-refractivity contribution in [3.05, 3.63) is 64.7 Å². The first-order valence-corrected chi connectivity index (χ1v) is 9.74. The number of carbonyl (C=O) groups is 3. The van der Waals surface area contributed by atoms with Gasteiger partial charge >= 0.3 is 0 Å². The van der Waals surface area contributed by atoms with Crippen LogP contribution in [0.25, 0.3) is 0 Å². The SMILES string of the molecule is CC(=O)c1ccc(NC(=O)C2CCN(C(=O)Cc3ccc(Cl)cc3)CC2)cc1. The molecular weight excluding hydrogens is 376 g/mol. The number of Topliss-reactive ketones (excluding diaryl/α,β-unsaturated/α-hetero) is 1. The van der Waals surface area contributed by atoms with Crippen molar-refractivity contribution >= 4 is 34.9 Å². The molecule has 0 radical (unpaired) electrons. The summed E-state index contributed by atoms with van der Waals surface area (Å²) in [6, 6.07) is 14.2. The van der Waals surface area contributed by atoms with E-state index < -0.39 is 0 Å². The monoisotopic (exact) mass is 398 g/mol. The van der Waals surface area contributed by atoms with Gasteiger partial charge in [0.05, 0.1) is 6.42 Å². The second-order valence-corrected chi connectivity index (χ2v) is 7.52. The lowest BCUT2D eigenvalue weighted by Crippen LogP contribution is -2.42. The average Bonchev–Trinajstić information content (AvgIpc) is 2.70. The number of amides is 2. The molecule has 0 bridgehead atoms. The molecule has 0 saturated carbocycles. The van der Waals surface area contributed by atoms with E-state index in [1.54, 1.807) is 36.4 Å². The van der Waals surface area contributed by atoms with Crippen LogP contribution in [0.2, 0.25) is 5.02 Å². The highest BCUT2D eigenvalue weighted by atomic mass is 35.5. The molecule has 5 nitrogen and oxygen atoms in total. The van der Waals surface area contributed by atoms with Crippen LogP contribution in [0.3, 0.4) is 0 Å². The van der Waals surface area contributed by atoms with Gasteiger partial charge in [-0.05, 0) is 61.7 Å². The van der Waals surface area contributed by atoms with Crippen molar-refractivity contribution in [2.75, 3.05) is 18.4 Å². The van der Waals surface area contributed by atoms with Crippen LogP contribution in [0.1, 0.15) is 35.7 Å². The number of rotatable bonds is 5. The zero-order valence-corrected chi connectivity index (χ0v) is 16.5. The summed E-state index contributed by atoms with van der Waals surface area (Å²) in [4.78, 5) is 38.1. The lowest BCUT2D eigenvalue weighted by Gasteiger charge is -2.31. The molecule has 2 aromatic carbocycles. The Labute approximate surface area is 169 Å². The van der Waals surface area contributed by atoms with Gasteiger partial charge in [-0.3, -0.25) is 14.4 Å². The smallest absolute Gasteiger partial charge is 0.227 e. The lowest BCUT2D eigenvalue weighted by atomic mass is 9.95. The molecule has 0 spiro atoms. The highest BCUT2D eigenvalue weighted by Gasteiger charge is 2.27. The predicted octanol–water partition coefficient (Wildman–Crippen LogP) is 3.96. The molecule has 1 heterocycles. The third kappa shape index (κ3) is 5.20. The van der Waals surface area contributed by atoms with Crippen LogP contribution in [0.15, 0.2) is 48.5 Å². The number of hydrogen-bond donors (Lipinski definition) is 1. The second-order valence-electron chi connectivity index (χ2n) is 7.08. The summed E-state index contributed by atoms with van der Waals surface area (Å²) in [6.07, 6.45) is 1.63. The first kappa shape index (κ1) is 20.1. The Bertz CT molecular complexity index is 854. The summed E-state index contributed by atoms with van der Waals surface area (Å²) in [7, 11) is 0. The molecular formula is C22H23ClN2O3. The van der Waals surface area contributed by atoms with E-state index in [0.29, 0.717) is 48.6 Å². The fourth-order valence-corrected chi connectivity index (χ4v) is 3.44. The molecule has 1 aliphatic rings. The van der Waals surface area contributed by atoms with Gasteiger partial charge in [-0.1, -0.05) is 23.7 Å². The van der Waals surface area contributed by atoms with Crippen molar-refractivity contribution in [2.24, 2.45) is 5.92 Å². The first-order chi connectivity index (χ1) is 13.4. The maximum Gasteiger partial charge on any atom is 0.227 e. The number of nitrogens with zero attached hydrogens (tertiary/aromatic N) is 1. The number of nitrogens with one attached hydrogen (secondary N) is 1. The molecule has 1 fully saturated rings. The summed E-state index contributed by atoms with van der Waals surface area (Å²) in [5.41, 5.74) is 2.23. The van der Waals surface area contributed by atoms with E-state index in [1.807, 2.05) is 17.0 Å². The van der Waals surface area contributed by atoms with Gasteiger partial charge in [0, 0.05) is 35.3 Å². The number of benzene rings is 2. The molecule has 3 rings (SSSR count). The summed E-state index contributed by atoms with van der Waals surface area (Å²) < 4.78 is 0. The normalized spacial score (nSPS) is 14.6. The van der Waals surface area contributed by atoms with E-state index in [0.717, 1.165) is 5.56 Å². The molecule has 146 valence electrons. The van der Waals surface area contributed by atoms with E-state index in [4.69, 9.17) is 11.6 Å². The number of piperidine rings is 1. The molecule has 0 aromatic heterocycles. The van der Waals surface area contributed by atoms with Gasteiger partial charge in [-0.25, -0.2) is 0 Å². The zero-order valence-electron chi connectivity index (χ0n) is 15.8. The molecule has 0 atom stereocenters. The Morgan fingerprint density at radius 2 is 1.61 bits per heavy atom. The topological polar surface area (TPSA) is 66.5 Å². The van der Waals surface area contributed by atoms with Crippen molar-refractivity contribution in [1.82, 2.24) is 4.90 Å². The van der Waals surface area contributed by atoms with E-state index >= 15 is 0 Å². The van der Waals surface area contributed by atoms with Crippen molar-refractivity contribution in [2.45, 2.75) is 26.2 Å². The zero-order chi connectivity index (χ0) is 20.1. The number of likely N-dealkylation sites (tertiary alicyclic amines) is 1. The van der Waals surface area contributed by atoms with Crippen LogP contribution in [-0.4, -0.2) is 35.6 Å². The largest absolute Gasteiger partial charge is 0.342 e. The fraction of sp³-hybridized carbons (Fsp3) is 0.318. The Kier molecular flexibility index (Phi) is 6.47. The van der Waals surface area contributed by atoms with E-state index in [9.17, 15) is 14.4 Å². The molecule has 1 aliphatic heterocycles. The number of carbonyl (C=O) groups excluding carboxylic acids is 3. The van der Waals surface area contributed by atoms with Gasteiger partial charge in [-0.2, -0.15) is 0 Å². The van der Waals surface area contributed by atoms with Gasteiger partial charge in [0.15, 0.2) is 5.78 Å². The number of anilines is 1. The Hall–Kier alpha value is -2.66. The van der Waals surface area contributed by atoms with Gasteiger partial charge in [0.1, 0.15) is 0 Å². The first-order valence-electron chi connectivity index (χ1n) is 9.36. The number of ketones is 1. The van der Waals surface area contributed by atoms with Crippen molar-refractivity contribution < 1.29 is 14.4 Å². The van der Waals surface area contributed by atoms with Crippen molar-refractivity contribution in [1.29, 1.82) is 0 Å². The van der Waals surface area contributed by atoms with Crippen LogP contribution in [0.4, 0.5) is 5.69 Å². The quantitative estimate of drug-likeness (QED) is 0.775. The molecule has 6 heteroatoms. The molecule has 2 aromatic rings. The molecule has 28 heavy (non-hydrogen) atoms. The lowest BCUT2D eigenvalue weighted by molar-refractivity contribution is -0.133. The van der Waals surface area contributed by atoms with Crippen LogP contribution in [-0.2, 0) is 16.0 Å².